The van der Waals surface area contributed by atoms with Gasteiger partial charge in [-0.25, -0.2) is 0 Å². The van der Waals surface area contributed by atoms with Gasteiger partial charge in [-0.3, -0.25) is 4.79 Å². The van der Waals surface area contributed by atoms with E-state index in [4.69, 9.17) is 10.2 Å². The number of carboxylic acid groups (broad SMARTS) is 1. The molecular formula is C11H13NO3. The van der Waals surface area contributed by atoms with Crippen LogP contribution in [0.25, 0.3) is 0 Å². The third-order valence-electron chi connectivity index (χ3n) is 2.86. The van der Waals surface area contributed by atoms with Crippen LogP contribution in [-0.2, 0) is 11.2 Å². The SMILES string of the molecule is O=C(O)C1(Cc2ccc(O)cc2)CNC1. The lowest BCUT2D eigenvalue weighted by Gasteiger charge is -2.38. The molecule has 0 amide bonds. The van der Waals surface area contributed by atoms with E-state index in [1.54, 1.807) is 24.3 Å². The van der Waals surface area contributed by atoms with Crippen LogP contribution in [0.5, 0.6) is 5.75 Å². The van der Waals surface area contributed by atoms with Gasteiger partial charge in [0.1, 0.15) is 5.75 Å². The number of hydrogen-bond acceptors (Lipinski definition) is 3. The van der Waals surface area contributed by atoms with Crippen LogP contribution in [0, 0.1) is 5.41 Å². The molecule has 1 heterocycles. The number of hydrogen-bond donors (Lipinski definition) is 3. The maximum absolute atomic E-state index is 11.1. The highest BCUT2D eigenvalue weighted by Gasteiger charge is 2.44. The Kier molecular flexibility index (Phi) is 2.36. The van der Waals surface area contributed by atoms with E-state index in [0.717, 1.165) is 5.56 Å². The van der Waals surface area contributed by atoms with Gasteiger partial charge in [0.25, 0.3) is 0 Å². The van der Waals surface area contributed by atoms with Gasteiger partial charge in [-0.05, 0) is 24.1 Å². The Bertz CT molecular complexity index is 368. The Hall–Kier alpha value is -1.55. The molecule has 4 heteroatoms. The standard InChI is InChI=1S/C11H13NO3/c13-9-3-1-8(2-4-9)5-11(10(14)15)6-12-7-11/h1-4,12-13H,5-7H2,(H,14,15). The summed E-state index contributed by atoms with van der Waals surface area (Å²) in [7, 11) is 0. The minimum atomic E-state index is -0.755. The van der Waals surface area contributed by atoms with Gasteiger partial charge >= 0.3 is 5.97 Å². The van der Waals surface area contributed by atoms with E-state index in [1.165, 1.54) is 0 Å². The normalized spacial score (nSPS) is 18.1. The molecule has 1 aromatic carbocycles. The second kappa shape index (κ2) is 3.55. The fraction of sp³-hybridized carbons (Fsp3) is 0.364. The minimum Gasteiger partial charge on any atom is -0.508 e. The van der Waals surface area contributed by atoms with Crippen LogP contribution >= 0.6 is 0 Å². The molecule has 2 rings (SSSR count). The van der Waals surface area contributed by atoms with Gasteiger partial charge in [-0.15, -0.1) is 0 Å². The van der Waals surface area contributed by atoms with E-state index in [2.05, 4.69) is 5.32 Å². The topological polar surface area (TPSA) is 69.6 Å². The average molecular weight is 207 g/mol. The first-order valence-electron chi connectivity index (χ1n) is 4.84. The lowest BCUT2D eigenvalue weighted by Crippen LogP contribution is -2.59. The number of benzene rings is 1. The highest BCUT2D eigenvalue weighted by molar-refractivity contribution is 5.77. The molecule has 15 heavy (non-hydrogen) atoms. The summed E-state index contributed by atoms with van der Waals surface area (Å²) in [6.07, 6.45) is 0.510. The van der Waals surface area contributed by atoms with Crippen LogP contribution in [-0.4, -0.2) is 29.3 Å². The predicted molar refractivity (Wildman–Crippen MR) is 54.7 cm³/mol. The molecule has 0 aliphatic carbocycles. The summed E-state index contributed by atoms with van der Waals surface area (Å²) in [6.45, 7) is 1.03. The Morgan fingerprint density at radius 3 is 2.33 bits per heavy atom. The molecule has 1 aromatic rings. The van der Waals surface area contributed by atoms with Crippen LogP contribution in [0.3, 0.4) is 0 Å². The van der Waals surface area contributed by atoms with Crippen LogP contribution < -0.4 is 5.32 Å². The quantitative estimate of drug-likeness (QED) is 0.679. The van der Waals surface area contributed by atoms with Crippen molar-refractivity contribution in [2.75, 3.05) is 13.1 Å². The van der Waals surface area contributed by atoms with Crippen molar-refractivity contribution in [3.63, 3.8) is 0 Å². The lowest BCUT2D eigenvalue weighted by molar-refractivity contribution is -0.152. The van der Waals surface area contributed by atoms with Crippen molar-refractivity contribution in [1.82, 2.24) is 5.32 Å². The smallest absolute Gasteiger partial charge is 0.312 e. The van der Waals surface area contributed by atoms with E-state index in [9.17, 15) is 4.79 Å². The third kappa shape index (κ3) is 1.80. The summed E-state index contributed by atoms with van der Waals surface area (Å²) < 4.78 is 0. The molecule has 0 unspecified atom stereocenters. The number of phenols is 1. The number of carboxylic acids is 1. The van der Waals surface area contributed by atoms with Crippen LogP contribution in [0.2, 0.25) is 0 Å². The molecule has 0 spiro atoms. The molecule has 1 aliphatic heterocycles. The maximum Gasteiger partial charge on any atom is 0.312 e. The zero-order chi connectivity index (χ0) is 10.9. The first-order chi connectivity index (χ1) is 7.12. The van der Waals surface area contributed by atoms with Gasteiger partial charge in [0, 0.05) is 13.1 Å². The Balaban J connectivity index is 2.13. The highest BCUT2D eigenvalue weighted by atomic mass is 16.4. The van der Waals surface area contributed by atoms with Gasteiger partial charge in [0.2, 0.25) is 0 Å². The zero-order valence-electron chi connectivity index (χ0n) is 8.23. The van der Waals surface area contributed by atoms with Crippen molar-refractivity contribution in [2.24, 2.45) is 5.41 Å². The largest absolute Gasteiger partial charge is 0.508 e. The summed E-state index contributed by atoms with van der Waals surface area (Å²) in [5, 5.41) is 21.2. The van der Waals surface area contributed by atoms with Crippen LogP contribution in [0.4, 0.5) is 0 Å². The van der Waals surface area contributed by atoms with E-state index in [-0.39, 0.29) is 5.75 Å². The first kappa shape index (κ1) is 9.98. The average Bonchev–Trinajstić information content (AvgIpc) is 2.13. The molecule has 0 saturated carbocycles. The molecule has 4 nitrogen and oxygen atoms in total. The summed E-state index contributed by atoms with van der Waals surface area (Å²) in [6, 6.07) is 6.69. The Morgan fingerprint density at radius 2 is 1.93 bits per heavy atom. The first-order valence-corrected chi connectivity index (χ1v) is 4.84. The van der Waals surface area contributed by atoms with Gasteiger partial charge in [0.15, 0.2) is 0 Å². The summed E-state index contributed by atoms with van der Waals surface area (Å²) in [4.78, 5) is 11.1. The Morgan fingerprint density at radius 1 is 1.33 bits per heavy atom. The minimum absolute atomic E-state index is 0.204. The van der Waals surface area contributed by atoms with E-state index < -0.39 is 11.4 Å². The number of aromatic hydroxyl groups is 1. The van der Waals surface area contributed by atoms with Crippen molar-refractivity contribution in [2.45, 2.75) is 6.42 Å². The maximum atomic E-state index is 11.1. The molecule has 1 saturated heterocycles. The molecular weight excluding hydrogens is 194 g/mol. The van der Waals surface area contributed by atoms with Crippen LogP contribution in [0.1, 0.15) is 5.56 Å². The summed E-state index contributed by atoms with van der Waals surface area (Å²) >= 11 is 0. The van der Waals surface area contributed by atoms with Gasteiger partial charge < -0.3 is 15.5 Å². The molecule has 0 radical (unpaired) electrons. The zero-order valence-corrected chi connectivity index (χ0v) is 8.23. The summed E-state index contributed by atoms with van der Waals surface area (Å²) in [5.41, 5.74) is 0.286. The predicted octanol–water partition coefficient (Wildman–Crippen LogP) is 0.609. The Labute approximate surface area is 87.6 Å². The van der Waals surface area contributed by atoms with Crippen molar-refractivity contribution >= 4 is 5.97 Å². The fourth-order valence-electron chi connectivity index (χ4n) is 1.78. The molecule has 0 atom stereocenters. The molecule has 0 aromatic heterocycles. The van der Waals surface area contributed by atoms with Crippen LogP contribution in [0.15, 0.2) is 24.3 Å². The molecule has 3 N–H and O–H groups in total. The van der Waals surface area contributed by atoms with E-state index in [0.29, 0.717) is 19.5 Å². The second-order valence-corrected chi connectivity index (χ2v) is 4.03. The van der Waals surface area contributed by atoms with Gasteiger partial charge in [-0.2, -0.15) is 0 Å². The van der Waals surface area contributed by atoms with E-state index in [1.807, 2.05) is 0 Å². The van der Waals surface area contributed by atoms with Crippen molar-refractivity contribution < 1.29 is 15.0 Å². The molecule has 1 aliphatic rings. The lowest BCUT2D eigenvalue weighted by atomic mass is 9.76. The number of aliphatic carboxylic acids is 1. The monoisotopic (exact) mass is 207 g/mol. The number of carbonyl (C=O) groups is 1. The number of nitrogens with one attached hydrogen (secondary N) is 1. The summed E-state index contributed by atoms with van der Waals surface area (Å²) in [5.74, 6) is -0.552. The van der Waals surface area contributed by atoms with Crippen molar-refractivity contribution in [1.29, 1.82) is 0 Å². The molecule has 0 bridgehead atoms. The van der Waals surface area contributed by atoms with Gasteiger partial charge in [-0.1, -0.05) is 12.1 Å². The highest BCUT2D eigenvalue weighted by Crippen LogP contribution is 2.28. The van der Waals surface area contributed by atoms with Crippen molar-refractivity contribution in [3.8, 4) is 5.75 Å². The van der Waals surface area contributed by atoms with E-state index >= 15 is 0 Å². The second-order valence-electron chi connectivity index (χ2n) is 4.03. The number of rotatable bonds is 3. The van der Waals surface area contributed by atoms with Crippen molar-refractivity contribution in [3.05, 3.63) is 29.8 Å². The van der Waals surface area contributed by atoms with Gasteiger partial charge in [0.05, 0.1) is 5.41 Å². The fourth-order valence-corrected chi connectivity index (χ4v) is 1.78. The molecule has 1 fully saturated rings. The third-order valence-corrected chi connectivity index (χ3v) is 2.86. The number of phenolic OH excluding ortho intramolecular Hbond substituents is 1. The molecule has 80 valence electrons.